The molecule has 0 saturated carbocycles. The highest BCUT2D eigenvalue weighted by Gasteiger charge is 2.00. The highest BCUT2D eigenvalue weighted by atomic mass is 16.6. The topological polar surface area (TPSA) is 163 Å². The Bertz CT molecular complexity index is 628. The van der Waals surface area contributed by atoms with Crippen LogP contribution in [0.5, 0.6) is 0 Å². The average Bonchev–Trinajstić information content (AvgIpc) is 3.05. The van der Waals surface area contributed by atoms with Crippen molar-refractivity contribution >= 4 is 11.9 Å². The first kappa shape index (κ1) is 44.5. The summed E-state index contributed by atoms with van der Waals surface area (Å²) >= 11 is 0. The molecule has 46 heavy (non-hydrogen) atoms. The lowest BCUT2D eigenvalue weighted by Crippen LogP contribution is -2.15. The molecule has 0 radical (unpaired) electrons. The highest BCUT2D eigenvalue weighted by Crippen LogP contribution is 1.89. The number of carbonyl (C=O) groups excluding carboxylic acids is 2. The molecule has 0 aliphatic heterocycles. The Hall–Kier alpha value is -1.54. The van der Waals surface area contributed by atoms with Crippen molar-refractivity contribution in [3.05, 3.63) is 0 Å². The molecule has 274 valence electrons. The first-order valence-electron chi connectivity index (χ1n) is 15.8. The Labute approximate surface area is 273 Å². The lowest BCUT2D eigenvalue weighted by molar-refractivity contribution is -0.143. The first-order valence-corrected chi connectivity index (χ1v) is 15.8. The number of rotatable bonds is 39. The average molecular weight is 675 g/mol. The van der Waals surface area contributed by atoms with E-state index >= 15 is 0 Å². The van der Waals surface area contributed by atoms with Crippen LogP contribution in [0.4, 0.5) is 0 Å². The minimum atomic E-state index is -0.315. The molecule has 0 heterocycles. The molecule has 0 aliphatic rings. The largest absolute Gasteiger partial charge is 0.469 e. The van der Waals surface area contributed by atoms with Crippen molar-refractivity contribution in [1.82, 2.24) is 0 Å². The zero-order chi connectivity index (χ0) is 33.4. The fourth-order valence-corrected chi connectivity index (χ4v) is 3.02. The molecule has 0 aromatic carbocycles. The Morgan fingerprint density at radius 1 is 0.326 bits per heavy atom. The molecule has 0 unspecified atom stereocenters. The van der Waals surface area contributed by atoms with E-state index in [1.165, 1.54) is 14.0 Å². The second-order valence-corrected chi connectivity index (χ2v) is 9.01. The molecule has 0 fully saturated rings. The van der Waals surface area contributed by atoms with Gasteiger partial charge in [-0.05, 0) is 0 Å². The van der Waals surface area contributed by atoms with Gasteiger partial charge in [-0.1, -0.05) is 0 Å². The third kappa shape index (κ3) is 40.5. The van der Waals surface area contributed by atoms with E-state index < -0.39 is 0 Å². The van der Waals surface area contributed by atoms with Crippen molar-refractivity contribution in [2.45, 2.75) is 13.3 Å². The lowest BCUT2D eigenvalue weighted by Gasteiger charge is -2.09. The summed E-state index contributed by atoms with van der Waals surface area (Å²) in [4.78, 5) is 21.5. The number of hydrogen-bond acceptors (Lipinski definition) is 16. The van der Waals surface area contributed by atoms with Crippen molar-refractivity contribution in [3.63, 3.8) is 0 Å². The van der Waals surface area contributed by atoms with Crippen LogP contribution < -0.4 is 0 Å². The molecular weight excluding hydrogens is 616 g/mol. The Balaban J connectivity index is 3.06. The molecule has 16 heteroatoms. The minimum absolute atomic E-state index is 0.241. The zero-order valence-electron chi connectivity index (χ0n) is 27.9. The molecule has 0 aromatic rings. The maximum absolute atomic E-state index is 10.9. The fraction of sp³-hybridized carbons (Fsp3) is 0.933. The van der Waals surface area contributed by atoms with Gasteiger partial charge in [-0.15, -0.1) is 0 Å². The van der Waals surface area contributed by atoms with Gasteiger partial charge in [0.15, 0.2) is 0 Å². The molecule has 0 rings (SSSR count). The summed E-state index contributed by atoms with van der Waals surface area (Å²) < 4.78 is 74.1. The molecular formula is C30H58O16. The Kier molecular flexibility index (Phi) is 38.3. The van der Waals surface area contributed by atoms with Gasteiger partial charge in [-0.3, -0.25) is 9.59 Å². The fourth-order valence-electron chi connectivity index (χ4n) is 3.02. The van der Waals surface area contributed by atoms with Crippen LogP contribution >= 0.6 is 0 Å². The number of hydrogen-bond donors (Lipinski definition) is 0. The van der Waals surface area contributed by atoms with Gasteiger partial charge in [-0.25, -0.2) is 0 Å². The summed E-state index contributed by atoms with van der Waals surface area (Å²) in [5.74, 6) is -0.604. The van der Waals surface area contributed by atoms with Crippen LogP contribution in [0.25, 0.3) is 0 Å². The standard InChI is InChI=1S/C30H58O16/c1-29(31)46-28-27-45-26-25-44-24-23-43-22-21-42-20-19-41-18-17-40-16-15-39-14-13-38-12-11-37-10-9-36-8-7-35-6-5-34-4-3-30(32)33-2/h3-28H2,1-2H3. The SMILES string of the molecule is COC(=O)CCOCCOCCOCCOCCOCCOCCOCCOCCOCCOCCOCCOCCOC(C)=O. The normalized spacial score (nSPS) is 11.3. The molecule has 0 aromatic heterocycles. The maximum Gasteiger partial charge on any atom is 0.307 e. The molecule has 0 spiro atoms. The Morgan fingerprint density at radius 2 is 0.522 bits per heavy atom. The summed E-state index contributed by atoms with van der Waals surface area (Å²) in [6.07, 6.45) is 0.241. The van der Waals surface area contributed by atoms with Gasteiger partial charge in [0.05, 0.1) is 172 Å². The quantitative estimate of drug-likeness (QED) is 0.0646. The summed E-state index contributed by atoms with van der Waals surface area (Å²) in [6, 6.07) is 0. The maximum atomic E-state index is 10.9. The van der Waals surface area contributed by atoms with E-state index in [4.69, 9.17) is 61.6 Å². The van der Waals surface area contributed by atoms with Crippen molar-refractivity contribution in [2.75, 3.05) is 172 Å². The van der Waals surface area contributed by atoms with E-state index in [0.717, 1.165) is 0 Å². The predicted octanol–water partition coefficient (Wildman–Crippen LogP) is 0.312. The van der Waals surface area contributed by atoms with Crippen molar-refractivity contribution in [1.29, 1.82) is 0 Å². The summed E-state index contributed by atoms with van der Waals surface area (Å²) in [5, 5.41) is 0. The van der Waals surface area contributed by atoms with Crippen LogP contribution in [-0.2, 0) is 75.9 Å². The van der Waals surface area contributed by atoms with Gasteiger partial charge in [-0.2, -0.15) is 0 Å². The molecule has 0 aliphatic carbocycles. The van der Waals surface area contributed by atoms with Crippen LogP contribution in [0.1, 0.15) is 13.3 Å². The summed E-state index contributed by atoms with van der Waals surface area (Å²) in [5.41, 5.74) is 0. The van der Waals surface area contributed by atoms with Crippen LogP contribution in [0.3, 0.4) is 0 Å². The third-order valence-corrected chi connectivity index (χ3v) is 5.30. The second kappa shape index (κ2) is 39.6. The highest BCUT2D eigenvalue weighted by molar-refractivity contribution is 5.69. The van der Waals surface area contributed by atoms with E-state index in [1.54, 1.807) is 0 Å². The third-order valence-electron chi connectivity index (χ3n) is 5.30. The lowest BCUT2D eigenvalue weighted by atomic mass is 10.5. The van der Waals surface area contributed by atoms with Crippen LogP contribution in [0.15, 0.2) is 0 Å². The van der Waals surface area contributed by atoms with E-state index in [0.29, 0.717) is 159 Å². The van der Waals surface area contributed by atoms with Crippen molar-refractivity contribution in [3.8, 4) is 0 Å². The van der Waals surface area contributed by atoms with Crippen molar-refractivity contribution < 1.29 is 75.9 Å². The van der Waals surface area contributed by atoms with Gasteiger partial charge in [0, 0.05) is 6.92 Å². The van der Waals surface area contributed by atoms with Crippen LogP contribution in [-0.4, -0.2) is 184 Å². The van der Waals surface area contributed by atoms with E-state index in [-0.39, 0.29) is 25.0 Å². The molecule has 0 N–H and O–H groups in total. The monoisotopic (exact) mass is 674 g/mol. The predicted molar refractivity (Wildman–Crippen MR) is 163 cm³/mol. The molecule has 0 saturated heterocycles. The van der Waals surface area contributed by atoms with Gasteiger partial charge >= 0.3 is 11.9 Å². The molecule has 0 bridgehead atoms. The van der Waals surface area contributed by atoms with E-state index in [1.807, 2.05) is 0 Å². The van der Waals surface area contributed by atoms with Crippen molar-refractivity contribution in [2.24, 2.45) is 0 Å². The number of esters is 2. The van der Waals surface area contributed by atoms with Gasteiger partial charge < -0.3 is 66.3 Å². The zero-order valence-corrected chi connectivity index (χ0v) is 27.9. The smallest absolute Gasteiger partial charge is 0.307 e. The number of carbonyl (C=O) groups is 2. The van der Waals surface area contributed by atoms with Gasteiger partial charge in [0.2, 0.25) is 0 Å². The van der Waals surface area contributed by atoms with E-state index in [9.17, 15) is 9.59 Å². The first-order chi connectivity index (χ1) is 22.7. The van der Waals surface area contributed by atoms with Gasteiger partial charge in [0.25, 0.3) is 0 Å². The molecule has 16 nitrogen and oxygen atoms in total. The Morgan fingerprint density at radius 3 is 0.717 bits per heavy atom. The van der Waals surface area contributed by atoms with Gasteiger partial charge in [0.1, 0.15) is 6.61 Å². The summed E-state index contributed by atoms with van der Waals surface area (Å²) in [7, 11) is 1.35. The molecule has 0 atom stereocenters. The molecule has 0 amide bonds. The van der Waals surface area contributed by atoms with Crippen LogP contribution in [0, 0.1) is 0 Å². The summed E-state index contributed by atoms with van der Waals surface area (Å²) in [6.45, 7) is 12.8. The number of ether oxygens (including phenoxy) is 14. The second-order valence-electron chi connectivity index (χ2n) is 9.01. The van der Waals surface area contributed by atoms with E-state index in [2.05, 4.69) is 4.74 Å². The number of methoxy groups -OCH3 is 1. The van der Waals surface area contributed by atoms with Crippen LogP contribution in [0.2, 0.25) is 0 Å². The minimum Gasteiger partial charge on any atom is -0.469 e.